The molecule has 0 N–H and O–H groups in total. The maximum atomic E-state index is 5.76. The highest BCUT2D eigenvalue weighted by Gasteiger charge is 2.02. The molecule has 0 aliphatic heterocycles. The standard InChI is InChI=1S/C13H8ClN3O/c14-12-7-13(17-8-16-12)18-10-4-3-9-2-1-5-15-11(9)6-10/h1-8H. The minimum atomic E-state index is 0.346. The van der Waals surface area contributed by atoms with Crippen molar-refractivity contribution in [3.8, 4) is 11.6 Å². The van der Waals surface area contributed by atoms with Gasteiger partial charge in [-0.1, -0.05) is 17.7 Å². The molecule has 0 bridgehead atoms. The molecule has 0 saturated carbocycles. The van der Waals surface area contributed by atoms with Crippen molar-refractivity contribution in [2.75, 3.05) is 0 Å². The second-order valence-corrected chi connectivity index (χ2v) is 4.03. The lowest BCUT2D eigenvalue weighted by molar-refractivity contribution is 0.462. The molecule has 5 heteroatoms. The normalized spacial score (nSPS) is 10.5. The first kappa shape index (κ1) is 10.9. The average Bonchev–Trinajstić information content (AvgIpc) is 2.39. The summed E-state index contributed by atoms with van der Waals surface area (Å²) < 4.78 is 5.59. The number of fused-ring (bicyclic) bond motifs is 1. The van der Waals surface area contributed by atoms with Crippen LogP contribution < -0.4 is 4.74 Å². The first-order valence-electron chi connectivity index (χ1n) is 5.31. The third kappa shape index (κ3) is 2.24. The molecule has 0 fully saturated rings. The summed E-state index contributed by atoms with van der Waals surface area (Å²) in [7, 11) is 0. The van der Waals surface area contributed by atoms with Gasteiger partial charge < -0.3 is 4.74 Å². The van der Waals surface area contributed by atoms with Crippen LogP contribution in [-0.4, -0.2) is 15.0 Å². The molecule has 2 aromatic heterocycles. The first-order chi connectivity index (χ1) is 8.81. The lowest BCUT2D eigenvalue weighted by atomic mass is 10.2. The molecular formula is C13H8ClN3O. The molecule has 0 amide bonds. The summed E-state index contributed by atoms with van der Waals surface area (Å²) in [6.07, 6.45) is 3.10. The number of hydrogen-bond donors (Lipinski definition) is 0. The third-order valence-corrected chi connectivity index (χ3v) is 2.62. The van der Waals surface area contributed by atoms with Crippen molar-refractivity contribution in [2.24, 2.45) is 0 Å². The predicted octanol–water partition coefficient (Wildman–Crippen LogP) is 3.47. The molecule has 0 aliphatic carbocycles. The molecular weight excluding hydrogens is 250 g/mol. The molecule has 4 nitrogen and oxygen atoms in total. The van der Waals surface area contributed by atoms with Crippen LogP contribution in [-0.2, 0) is 0 Å². The SMILES string of the molecule is Clc1cc(Oc2ccc3cccnc3c2)ncn1. The molecule has 3 aromatic rings. The van der Waals surface area contributed by atoms with Crippen LogP contribution >= 0.6 is 11.6 Å². The van der Waals surface area contributed by atoms with Gasteiger partial charge in [0, 0.05) is 23.7 Å². The second-order valence-electron chi connectivity index (χ2n) is 3.64. The fourth-order valence-corrected chi connectivity index (χ4v) is 1.74. The molecule has 0 saturated heterocycles. The minimum absolute atomic E-state index is 0.346. The highest BCUT2D eigenvalue weighted by atomic mass is 35.5. The lowest BCUT2D eigenvalue weighted by Gasteiger charge is -2.05. The van der Waals surface area contributed by atoms with E-state index in [4.69, 9.17) is 16.3 Å². The number of halogens is 1. The second kappa shape index (κ2) is 4.58. The number of ether oxygens (including phenoxy) is 1. The zero-order valence-corrected chi connectivity index (χ0v) is 10.0. The first-order valence-corrected chi connectivity index (χ1v) is 5.69. The van der Waals surface area contributed by atoms with Crippen molar-refractivity contribution in [1.82, 2.24) is 15.0 Å². The number of hydrogen-bond acceptors (Lipinski definition) is 4. The van der Waals surface area contributed by atoms with E-state index >= 15 is 0 Å². The molecule has 0 unspecified atom stereocenters. The van der Waals surface area contributed by atoms with E-state index in [1.165, 1.54) is 6.33 Å². The Hall–Kier alpha value is -2.20. The van der Waals surface area contributed by atoms with Gasteiger partial charge in [0.05, 0.1) is 5.52 Å². The van der Waals surface area contributed by atoms with E-state index in [0.717, 1.165) is 10.9 Å². The Morgan fingerprint density at radius 1 is 1.00 bits per heavy atom. The van der Waals surface area contributed by atoms with Crippen molar-refractivity contribution in [2.45, 2.75) is 0 Å². The molecule has 3 rings (SSSR count). The van der Waals surface area contributed by atoms with Crippen LogP contribution in [0.5, 0.6) is 11.6 Å². The van der Waals surface area contributed by atoms with Gasteiger partial charge in [-0.25, -0.2) is 9.97 Å². The summed E-state index contributed by atoms with van der Waals surface area (Å²) in [5.41, 5.74) is 0.871. The van der Waals surface area contributed by atoms with Crippen LogP contribution in [0.4, 0.5) is 0 Å². The molecule has 0 aliphatic rings. The van der Waals surface area contributed by atoms with E-state index in [9.17, 15) is 0 Å². The topological polar surface area (TPSA) is 47.9 Å². The zero-order valence-electron chi connectivity index (χ0n) is 9.25. The number of rotatable bonds is 2. The minimum Gasteiger partial charge on any atom is -0.439 e. The van der Waals surface area contributed by atoms with E-state index < -0.39 is 0 Å². The van der Waals surface area contributed by atoms with E-state index in [0.29, 0.717) is 16.8 Å². The number of nitrogens with zero attached hydrogens (tertiary/aromatic N) is 3. The van der Waals surface area contributed by atoms with Gasteiger partial charge in [-0.3, -0.25) is 4.98 Å². The van der Waals surface area contributed by atoms with Gasteiger partial charge in [0.1, 0.15) is 17.2 Å². The molecule has 18 heavy (non-hydrogen) atoms. The summed E-state index contributed by atoms with van der Waals surface area (Å²) >= 11 is 5.76. The lowest BCUT2D eigenvalue weighted by Crippen LogP contribution is -1.89. The Morgan fingerprint density at radius 2 is 1.94 bits per heavy atom. The average molecular weight is 258 g/mol. The maximum absolute atomic E-state index is 5.76. The molecule has 0 atom stereocenters. The van der Waals surface area contributed by atoms with Gasteiger partial charge in [0.15, 0.2) is 0 Å². The zero-order chi connectivity index (χ0) is 12.4. The Kier molecular flexibility index (Phi) is 2.78. The monoisotopic (exact) mass is 257 g/mol. The molecule has 0 spiro atoms. The van der Waals surface area contributed by atoms with Crippen molar-refractivity contribution in [1.29, 1.82) is 0 Å². The fourth-order valence-electron chi connectivity index (χ4n) is 1.60. The molecule has 2 heterocycles. The van der Waals surface area contributed by atoms with Crippen LogP contribution in [0.25, 0.3) is 10.9 Å². The summed E-state index contributed by atoms with van der Waals surface area (Å²) in [5.74, 6) is 1.07. The molecule has 88 valence electrons. The van der Waals surface area contributed by atoms with Crippen LogP contribution in [0, 0.1) is 0 Å². The largest absolute Gasteiger partial charge is 0.439 e. The summed E-state index contributed by atoms with van der Waals surface area (Å²) in [4.78, 5) is 12.0. The van der Waals surface area contributed by atoms with E-state index in [-0.39, 0.29) is 0 Å². The van der Waals surface area contributed by atoms with Gasteiger partial charge in [0.25, 0.3) is 0 Å². The maximum Gasteiger partial charge on any atom is 0.223 e. The van der Waals surface area contributed by atoms with E-state index in [1.807, 2.05) is 30.3 Å². The van der Waals surface area contributed by atoms with Crippen LogP contribution in [0.2, 0.25) is 5.15 Å². The smallest absolute Gasteiger partial charge is 0.223 e. The van der Waals surface area contributed by atoms with Crippen LogP contribution in [0.3, 0.4) is 0 Å². The van der Waals surface area contributed by atoms with Gasteiger partial charge in [0.2, 0.25) is 5.88 Å². The van der Waals surface area contributed by atoms with Crippen molar-refractivity contribution >= 4 is 22.5 Å². The van der Waals surface area contributed by atoms with Crippen LogP contribution in [0.15, 0.2) is 48.9 Å². The highest BCUT2D eigenvalue weighted by molar-refractivity contribution is 6.29. The van der Waals surface area contributed by atoms with Gasteiger partial charge in [-0.2, -0.15) is 0 Å². The molecule has 0 radical (unpaired) electrons. The third-order valence-electron chi connectivity index (χ3n) is 2.41. The molecule has 1 aromatic carbocycles. The van der Waals surface area contributed by atoms with Gasteiger partial charge >= 0.3 is 0 Å². The van der Waals surface area contributed by atoms with Crippen molar-refractivity contribution < 1.29 is 4.74 Å². The van der Waals surface area contributed by atoms with Gasteiger partial charge in [-0.05, 0) is 18.2 Å². The summed E-state index contributed by atoms with van der Waals surface area (Å²) in [6, 6.07) is 11.1. The Bertz CT molecular complexity index is 702. The fraction of sp³-hybridized carbons (Fsp3) is 0. The van der Waals surface area contributed by atoms with E-state index in [2.05, 4.69) is 15.0 Å². The summed E-state index contributed by atoms with van der Waals surface area (Å²) in [5, 5.41) is 1.41. The quantitative estimate of drug-likeness (QED) is 0.660. The predicted molar refractivity (Wildman–Crippen MR) is 68.9 cm³/mol. The Morgan fingerprint density at radius 3 is 2.83 bits per heavy atom. The van der Waals surface area contributed by atoms with Crippen molar-refractivity contribution in [3.05, 3.63) is 54.1 Å². The van der Waals surface area contributed by atoms with Crippen molar-refractivity contribution in [3.63, 3.8) is 0 Å². The number of benzene rings is 1. The highest BCUT2D eigenvalue weighted by Crippen LogP contribution is 2.24. The van der Waals surface area contributed by atoms with Gasteiger partial charge in [-0.15, -0.1) is 0 Å². The Labute approximate surface area is 108 Å². The Balaban J connectivity index is 1.95. The summed E-state index contributed by atoms with van der Waals surface area (Å²) in [6.45, 7) is 0. The van der Waals surface area contributed by atoms with E-state index in [1.54, 1.807) is 12.3 Å². The number of aromatic nitrogens is 3. The number of pyridine rings is 1. The van der Waals surface area contributed by atoms with Crippen LogP contribution in [0.1, 0.15) is 0 Å².